The molecule has 0 atom stereocenters. The summed E-state index contributed by atoms with van der Waals surface area (Å²) < 4.78 is 0. The number of carbonyl (C=O) groups excluding carboxylic acids is 1. The van der Waals surface area contributed by atoms with E-state index in [0.29, 0.717) is 11.3 Å². The van der Waals surface area contributed by atoms with Crippen molar-refractivity contribution in [3.8, 4) is 0 Å². The number of carbonyl (C=O) groups is 1. The fourth-order valence-electron chi connectivity index (χ4n) is 2.17. The van der Waals surface area contributed by atoms with E-state index in [9.17, 15) is 4.79 Å². The van der Waals surface area contributed by atoms with Crippen LogP contribution in [0.5, 0.6) is 0 Å². The second-order valence-corrected chi connectivity index (χ2v) is 5.30. The number of rotatable bonds is 2. The summed E-state index contributed by atoms with van der Waals surface area (Å²) >= 11 is 0. The summed E-state index contributed by atoms with van der Waals surface area (Å²) in [7, 11) is 0. The van der Waals surface area contributed by atoms with Crippen LogP contribution in [0.15, 0.2) is 30.3 Å². The third-order valence-electron chi connectivity index (χ3n) is 3.50. The summed E-state index contributed by atoms with van der Waals surface area (Å²) in [6.07, 6.45) is 0. The number of benzene rings is 2. The van der Waals surface area contributed by atoms with Gasteiger partial charge in [0.25, 0.3) is 5.91 Å². The van der Waals surface area contributed by atoms with Crippen molar-refractivity contribution >= 4 is 17.3 Å². The number of nitrogen functional groups attached to an aromatic ring is 1. The zero-order valence-corrected chi connectivity index (χ0v) is 12.4. The summed E-state index contributed by atoms with van der Waals surface area (Å²) in [6.45, 7) is 7.84. The van der Waals surface area contributed by atoms with Crippen LogP contribution in [0.2, 0.25) is 0 Å². The normalized spacial score (nSPS) is 10.4. The molecule has 3 heteroatoms. The Bertz CT molecular complexity index is 675. The average Bonchev–Trinajstić information content (AvgIpc) is 2.38. The number of nitrogens with one attached hydrogen (secondary N) is 1. The SMILES string of the molecule is Cc1ccc(C)c(NC(=O)c2cc(N)c(C)cc2C)c1. The van der Waals surface area contributed by atoms with Gasteiger partial charge in [-0.1, -0.05) is 18.2 Å². The van der Waals surface area contributed by atoms with Crippen molar-refractivity contribution in [2.45, 2.75) is 27.7 Å². The van der Waals surface area contributed by atoms with Gasteiger partial charge in [-0.2, -0.15) is 0 Å². The molecule has 0 aliphatic carbocycles. The number of hydrogen-bond donors (Lipinski definition) is 2. The molecule has 0 heterocycles. The molecule has 0 bridgehead atoms. The molecule has 0 aromatic heterocycles. The Hall–Kier alpha value is -2.29. The molecule has 3 N–H and O–H groups in total. The first kappa shape index (κ1) is 14.1. The van der Waals surface area contributed by atoms with Crippen LogP contribution in [-0.2, 0) is 0 Å². The Labute approximate surface area is 119 Å². The van der Waals surface area contributed by atoms with Gasteiger partial charge in [-0.25, -0.2) is 0 Å². The Kier molecular flexibility index (Phi) is 3.79. The van der Waals surface area contributed by atoms with Crippen LogP contribution in [-0.4, -0.2) is 5.91 Å². The van der Waals surface area contributed by atoms with Gasteiger partial charge in [0.15, 0.2) is 0 Å². The Morgan fingerprint density at radius 3 is 2.35 bits per heavy atom. The topological polar surface area (TPSA) is 55.1 Å². The van der Waals surface area contributed by atoms with Crippen LogP contribution in [0.4, 0.5) is 11.4 Å². The van der Waals surface area contributed by atoms with Crippen LogP contribution in [0.1, 0.15) is 32.6 Å². The van der Waals surface area contributed by atoms with E-state index in [0.717, 1.165) is 27.9 Å². The molecule has 20 heavy (non-hydrogen) atoms. The molecule has 3 nitrogen and oxygen atoms in total. The van der Waals surface area contributed by atoms with Crippen molar-refractivity contribution in [3.63, 3.8) is 0 Å². The van der Waals surface area contributed by atoms with Crippen LogP contribution < -0.4 is 11.1 Å². The molecule has 2 rings (SSSR count). The highest BCUT2D eigenvalue weighted by molar-refractivity contribution is 6.06. The molecule has 0 unspecified atom stereocenters. The van der Waals surface area contributed by atoms with E-state index in [1.807, 2.05) is 52.0 Å². The van der Waals surface area contributed by atoms with Crippen molar-refractivity contribution in [1.29, 1.82) is 0 Å². The molecule has 2 aromatic rings. The highest BCUT2D eigenvalue weighted by Gasteiger charge is 2.12. The number of nitrogens with two attached hydrogens (primary N) is 1. The Morgan fingerprint density at radius 1 is 0.950 bits per heavy atom. The first-order chi connectivity index (χ1) is 9.38. The van der Waals surface area contributed by atoms with E-state index < -0.39 is 0 Å². The Morgan fingerprint density at radius 2 is 1.65 bits per heavy atom. The molecule has 0 aliphatic heterocycles. The molecule has 1 amide bonds. The first-order valence-corrected chi connectivity index (χ1v) is 6.64. The quantitative estimate of drug-likeness (QED) is 0.815. The van der Waals surface area contributed by atoms with Gasteiger partial charge in [-0.05, 0) is 62.1 Å². The smallest absolute Gasteiger partial charge is 0.256 e. The van der Waals surface area contributed by atoms with Gasteiger partial charge in [0.2, 0.25) is 0 Å². The number of anilines is 2. The van der Waals surface area contributed by atoms with Crippen LogP contribution >= 0.6 is 0 Å². The van der Waals surface area contributed by atoms with Gasteiger partial charge < -0.3 is 11.1 Å². The molecule has 0 aliphatic rings. The minimum Gasteiger partial charge on any atom is -0.398 e. The highest BCUT2D eigenvalue weighted by atomic mass is 16.1. The second-order valence-electron chi connectivity index (χ2n) is 5.30. The summed E-state index contributed by atoms with van der Waals surface area (Å²) in [5.74, 6) is -0.122. The van der Waals surface area contributed by atoms with Crippen molar-refractivity contribution < 1.29 is 4.79 Å². The monoisotopic (exact) mass is 268 g/mol. The number of aryl methyl sites for hydroxylation is 4. The summed E-state index contributed by atoms with van der Waals surface area (Å²) in [5.41, 5.74) is 12.1. The van der Waals surface area contributed by atoms with Crippen LogP contribution in [0.3, 0.4) is 0 Å². The van der Waals surface area contributed by atoms with Crippen molar-refractivity contribution in [2.75, 3.05) is 11.1 Å². The zero-order chi connectivity index (χ0) is 14.9. The van der Waals surface area contributed by atoms with Crippen molar-refractivity contribution in [2.24, 2.45) is 0 Å². The first-order valence-electron chi connectivity index (χ1n) is 6.64. The van der Waals surface area contributed by atoms with Crippen molar-refractivity contribution in [1.82, 2.24) is 0 Å². The molecule has 0 saturated heterocycles. The van der Waals surface area contributed by atoms with Gasteiger partial charge in [0.05, 0.1) is 0 Å². The molecule has 0 radical (unpaired) electrons. The summed E-state index contributed by atoms with van der Waals surface area (Å²) in [6, 6.07) is 9.68. The molecule has 104 valence electrons. The summed E-state index contributed by atoms with van der Waals surface area (Å²) in [4.78, 5) is 12.4. The fraction of sp³-hybridized carbons (Fsp3) is 0.235. The average molecular weight is 268 g/mol. The second kappa shape index (κ2) is 5.37. The molecule has 2 aromatic carbocycles. The van der Waals surface area contributed by atoms with E-state index in [2.05, 4.69) is 5.32 Å². The van der Waals surface area contributed by atoms with Gasteiger partial charge in [-0.3, -0.25) is 4.79 Å². The summed E-state index contributed by atoms with van der Waals surface area (Å²) in [5, 5.41) is 2.96. The lowest BCUT2D eigenvalue weighted by atomic mass is 10.0. The minimum absolute atomic E-state index is 0.122. The predicted octanol–water partition coefficient (Wildman–Crippen LogP) is 3.75. The van der Waals surface area contributed by atoms with Crippen LogP contribution in [0, 0.1) is 27.7 Å². The van der Waals surface area contributed by atoms with Gasteiger partial charge >= 0.3 is 0 Å². The highest BCUT2D eigenvalue weighted by Crippen LogP contribution is 2.21. The van der Waals surface area contributed by atoms with E-state index in [1.54, 1.807) is 6.07 Å². The maximum atomic E-state index is 12.4. The van der Waals surface area contributed by atoms with E-state index in [1.165, 1.54) is 0 Å². The third kappa shape index (κ3) is 2.82. The molecular formula is C17H20N2O. The molecule has 0 fully saturated rings. The molecule has 0 spiro atoms. The van der Waals surface area contributed by atoms with E-state index in [4.69, 9.17) is 5.73 Å². The lowest BCUT2D eigenvalue weighted by Crippen LogP contribution is -2.15. The third-order valence-corrected chi connectivity index (χ3v) is 3.50. The van der Waals surface area contributed by atoms with Crippen molar-refractivity contribution in [3.05, 3.63) is 58.1 Å². The van der Waals surface area contributed by atoms with Crippen LogP contribution in [0.25, 0.3) is 0 Å². The lowest BCUT2D eigenvalue weighted by Gasteiger charge is -2.12. The van der Waals surface area contributed by atoms with Gasteiger partial charge in [0, 0.05) is 16.9 Å². The molecular weight excluding hydrogens is 248 g/mol. The fourth-order valence-corrected chi connectivity index (χ4v) is 2.17. The Balaban J connectivity index is 2.33. The minimum atomic E-state index is -0.122. The van der Waals surface area contributed by atoms with Gasteiger partial charge in [-0.15, -0.1) is 0 Å². The van der Waals surface area contributed by atoms with E-state index in [-0.39, 0.29) is 5.91 Å². The maximum Gasteiger partial charge on any atom is 0.256 e. The largest absolute Gasteiger partial charge is 0.398 e. The van der Waals surface area contributed by atoms with E-state index >= 15 is 0 Å². The molecule has 0 saturated carbocycles. The maximum absolute atomic E-state index is 12.4. The number of amides is 1. The standard InChI is InChI=1S/C17H20N2O/c1-10-5-6-11(2)16(7-10)19-17(20)14-9-15(18)13(4)8-12(14)3/h5-9H,18H2,1-4H3,(H,19,20). The van der Waals surface area contributed by atoms with Gasteiger partial charge in [0.1, 0.15) is 0 Å². The predicted molar refractivity (Wildman–Crippen MR) is 84.2 cm³/mol. The zero-order valence-electron chi connectivity index (χ0n) is 12.4. The lowest BCUT2D eigenvalue weighted by molar-refractivity contribution is 0.102. The number of hydrogen-bond acceptors (Lipinski definition) is 2.